The average molecular weight is 295 g/mol. The number of rotatable bonds is 3. The Morgan fingerprint density at radius 1 is 1.38 bits per heavy atom. The maximum Gasteiger partial charge on any atom is 0.240 e. The van der Waals surface area contributed by atoms with Crippen LogP contribution in [0.5, 0.6) is 0 Å². The summed E-state index contributed by atoms with van der Waals surface area (Å²) in [5, 5.41) is 6.75. The molecule has 1 saturated heterocycles. The van der Waals surface area contributed by atoms with E-state index in [1.807, 2.05) is 34.6 Å². The van der Waals surface area contributed by atoms with Crippen molar-refractivity contribution in [2.24, 2.45) is 0 Å². The van der Waals surface area contributed by atoms with Gasteiger partial charge in [0, 0.05) is 24.6 Å². The normalized spacial score (nSPS) is 24.0. The van der Waals surface area contributed by atoms with Crippen molar-refractivity contribution in [3.63, 3.8) is 0 Å². The summed E-state index contributed by atoms with van der Waals surface area (Å²) < 4.78 is 10.8. The van der Waals surface area contributed by atoms with E-state index in [2.05, 4.69) is 15.4 Å². The topological polar surface area (TPSA) is 67.6 Å². The molecular formula is C15H25N3O3. The minimum Gasteiger partial charge on any atom is -0.373 e. The molecule has 21 heavy (non-hydrogen) atoms. The smallest absolute Gasteiger partial charge is 0.240 e. The summed E-state index contributed by atoms with van der Waals surface area (Å²) in [5.74, 6) is 0.312. The molecule has 1 fully saturated rings. The van der Waals surface area contributed by atoms with E-state index in [-0.39, 0.29) is 23.5 Å². The molecule has 0 aliphatic carbocycles. The summed E-state index contributed by atoms with van der Waals surface area (Å²) in [6.07, 6.45) is 0.304. The van der Waals surface area contributed by atoms with Gasteiger partial charge in [-0.25, -0.2) is 0 Å². The molecule has 1 aromatic rings. The lowest BCUT2D eigenvalue weighted by Gasteiger charge is -2.34. The highest BCUT2D eigenvalue weighted by molar-refractivity contribution is 5.91. The van der Waals surface area contributed by atoms with Crippen LogP contribution in [0.3, 0.4) is 0 Å². The van der Waals surface area contributed by atoms with Crippen LogP contribution in [-0.2, 0) is 14.9 Å². The first-order chi connectivity index (χ1) is 9.74. The van der Waals surface area contributed by atoms with Crippen molar-refractivity contribution in [1.82, 2.24) is 10.1 Å². The SMILES string of the molecule is CC1CN(CC(=O)Nc2cc(C(C)(C)C)no2)CC(C)O1. The van der Waals surface area contributed by atoms with Gasteiger partial charge in [0.2, 0.25) is 11.8 Å². The monoisotopic (exact) mass is 295 g/mol. The van der Waals surface area contributed by atoms with Gasteiger partial charge in [0.15, 0.2) is 0 Å². The zero-order chi connectivity index (χ0) is 15.6. The Morgan fingerprint density at radius 3 is 2.52 bits per heavy atom. The van der Waals surface area contributed by atoms with Crippen LogP contribution in [0.2, 0.25) is 0 Å². The molecule has 2 unspecified atom stereocenters. The Morgan fingerprint density at radius 2 is 2.00 bits per heavy atom. The van der Waals surface area contributed by atoms with Crippen molar-refractivity contribution in [2.75, 3.05) is 25.0 Å². The van der Waals surface area contributed by atoms with Gasteiger partial charge < -0.3 is 9.26 Å². The fourth-order valence-electron chi connectivity index (χ4n) is 2.48. The van der Waals surface area contributed by atoms with Gasteiger partial charge in [0.25, 0.3) is 0 Å². The Labute approximate surface area is 125 Å². The molecule has 1 aliphatic heterocycles. The van der Waals surface area contributed by atoms with E-state index in [9.17, 15) is 4.79 Å². The highest BCUT2D eigenvalue weighted by Gasteiger charge is 2.24. The molecule has 0 spiro atoms. The van der Waals surface area contributed by atoms with Crippen molar-refractivity contribution in [1.29, 1.82) is 0 Å². The third kappa shape index (κ3) is 4.54. The third-order valence-corrected chi connectivity index (χ3v) is 3.40. The molecule has 0 saturated carbocycles. The van der Waals surface area contributed by atoms with E-state index < -0.39 is 0 Å². The zero-order valence-corrected chi connectivity index (χ0v) is 13.5. The lowest BCUT2D eigenvalue weighted by Crippen LogP contribution is -2.48. The van der Waals surface area contributed by atoms with Crippen LogP contribution in [0.4, 0.5) is 5.88 Å². The number of amides is 1. The van der Waals surface area contributed by atoms with Crippen LogP contribution in [-0.4, -0.2) is 47.8 Å². The van der Waals surface area contributed by atoms with E-state index in [1.54, 1.807) is 6.07 Å². The van der Waals surface area contributed by atoms with Crippen LogP contribution in [0.15, 0.2) is 10.6 Å². The van der Waals surface area contributed by atoms with E-state index in [4.69, 9.17) is 9.26 Å². The second-order valence-electron chi connectivity index (χ2n) is 6.83. The van der Waals surface area contributed by atoms with Crippen LogP contribution in [0.1, 0.15) is 40.3 Å². The predicted molar refractivity (Wildman–Crippen MR) is 80.3 cm³/mol. The van der Waals surface area contributed by atoms with Gasteiger partial charge in [0.1, 0.15) is 0 Å². The van der Waals surface area contributed by atoms with Crippen molar-refractivity contribution in [2.45, 2.75) is 52.2 Å². The first-order valence-electron chi connectivity index (χ1n) is 7.39. The standard InChI is InChI=1S/C15H25N3O3/c1-10-7-18(8-11(2)20-10)9-13(19)16-14-6-12(17-21-14)15(3,4)5/h6,10-11H,7-9H2,1-5H3,(H,16,19). The Kier molecular flexibility index (Phi) is 4.68. The van der Waals surface area contributed by atoms with Crippen LogP contribution in [0, 0.1) is 0 Å². The van der Waals surface area contributed by atoms with Crippen LogP contribution >= 0.6 is 0 Å². The number of hydrogen-bond acceptors (Lipinski definition) is 5. The molecule has 1 amide bonds. The minimum atomic E-state index is -0.0957. The molecular weight excluding hydrogens is 270 g/mol. The third-order valence-electron chi connectivity index (χ3n) is 3.40. The number of ether oxygens (including phenoxy) is 1. The second-order valence-corrected chi connectivity index (χ2v) is 6.83. The molecule has 2 heterocycles. The summed E-state index contributed by atoms with van der Waals surface area (Å²) >= 11 is 0. The fraction of sp³-hybridized carbons (Fsp3) is 0.733. The molecule has 118 valence electrons. The quantitative estimate of drug-likeness (QED) is 0.924. The number of hydrogen-bond donors (Lipinski definition) is 1. The Balaban J connectivity index is 1.88. The maximum absolute atomic E-state index is 12.1. The first kappa shape index (κ1) is 16.0. The lowest BCUT2D eigenvalue weighted by molar-refractivity contribution is -0.121. The van der Waals surface area contributed by atoms with Gasteiger partial charge >= 0.3 is 0 Å². The second kappa shape index (κ2) is 6.15. The molecule has 1 aliphatic rings. The highest BCUT2D eigenvalue weighted by Crippen LogP contribution is 2.23. The summed E-state index contributed by atoms with van der Waals surface area (Å²) in [5.41, 5.74) is 0.730. The van der Waals surface area contributed by atoms with Crippen molar-refractivity contribution >= 4 is 11.8 Å². The molecule has 6 heteroatoms. The van der Waals surface area contributed by atoms with Crippen molar-refractivity contribution in [3.8, 4) is 0 Å². The van der Waals surface area contributed by atoms with Gasteiger partial charge in [-0.2, -0.15) is 0 Å². The molecule has 2 atom stereocenters. The molecule has 1 aromatic heterocycles. The average Bonchev–Trinajstić information content (AvgIpc) is 2.75. The summed E-state index contributed by atoms with van der Waals surface area (Å²) in [6.45, 7) is 12.1. The van der Waals surface area contributed by atoms with Crippen molar-refractivity contribution in [3.05, 3.63) is 11.8 Å². The van der Waals surface area contributed by atoms with Gasteiger partial charge in [-0.05, 0) is 13.8 Å². The number of nitrogens with one attached hydrogen (secondary N) is 1. The molecule has 0 radical (unpaired) electrons. The highest BCUT2D eigenvalue weighted by atomic mass is 16.5. The Bertz CT molecular complexity index is 483. The number of carbonyl (C=O) groups excluding carboxylic acids is 1. The van der Waals surface area contributed by atoms with Crippen LogP contribution in [0.25, 0.3) is 0 Å². The molecule has 0 bridgehead atoms. The number of morpholine rings is 1. The maximum atomic E-state index is 12.1. The summed E-state index contributed by atoms with van der Waals surface area (Å²) in [6, 6.07) is 1.78. The number of anilines is 1. The predicted octanol–water partition coefficient (Wildman–Crippen LogP) is 2.02. The molecule has 0 aromatic carbocycles. The van der Waals surface area contributed by atoms with Gasteiger partial charge in [0.05, 0.1) is 24.4 Å². The zero-order valence-electron chi connectivity index (χ0n) is 13.5. The Hall–Kier alpha value is -1.40. The van der Waals surface area contributed by atoms with Gasteiger partial charge in [-0.3, -0.25) is 15.0 Å². The van der Waals surface area contributed by atoms with E-state index in [1.165, 1.54) is 0 Å². The summed E-state index contributed by atoms with van der Waals surface area (Å²) in [7, 11) is 0. The first-order valence-corrected chi connectivity index (χ1v) is 7.39. The largest absolute Gasteiger partial charge is 0.373 e. The molecule has 6 nitrogen and oxygen atoms in total. The number of aromatic nitrogens is 1. The lowest BCUT2D eigenvalue weighted by atomic mass is 9.92. The van der Waals surface area contributed by atoms with Crippen LogP contribution < -0.4 is 5.32 Å². The number of carbonyl (C=O) groups is 1. The van der Waals surface area contributed by atoms with E-state index in [0.29, 0.717) is 12.4 Å². The van der Waals surface area contributed by atoms with E-state index in [0.717, 1.165) is 18.8 Å². The molecule has 1 N–H and O–H groups in total. The number of nitrogens with zero attached hydrogens (tertiary/aromatic N) is 2. The fourth-order valence-corrected chi connectivity index (χ4v) is 2.48. The van der Waals surface area contributed by atoms with Gasteiger partial charge in [-0.15, -0.1) is 0 Å². The van der Waals surface area contributed by atoms with E-state index >= 15 is 0 Å². The van der Waals surface area contributed by atoms with Crippen molar-refractivity contribution < 1.29 is 14.1 Å². The minimum absolute atomic E-state index is 0.0899. The van der Waals surface area contributed by atoms with Gasteiger partial charge in [-0.1, -0.05) is 25.9 Å². The molecule has 2 rings (SSSR count). The summed E-state index contributed by atoms with van der Waals surface area (Å²) in [4.78, 5) is 14.2.